The van der Waals surface area contributed by atoms with Gasteiger partial charge in [-0.25, -0.2) is 19.7 Å². The van der Waals surface area contributed by atoms with Crippen LogP contribution in [0.3, 0.4) is 0 Å². The van der Waals surface area contributed by atoms with Crippen LogP contribution >= 0.6 is 0 Å². The standard InChI is InChI=1S/C28H38N8O6/c1-34-10-7-17(13-34)14-41-28(40)35-11-8-16(9-12-35)3-2-4-19-32-24(29)20-25(33-19)36(15-30-20)27-22(38)21(37)23(42-27)26(39)31-18-5-6-18/h15-18,21-23,27,37-38H,3,5-14H2,1H3,(H,31,39)(H2,29,32,33). The number of aliphatic hydroxyl groups is 2. The maximum atomic E-state index is 12.5. The van der Waals surface area contributed by atoms with Crippen molar-refractivity contribution in [3.8, 4) is 11.8 Å². The van der Waals surface area contributed by atoms with E-state index in [2.05, 4.69) is 44.1 Å². The number of carbonyl (C=O) groups is 2. The summed E-state index contributed by atoms with van der Waals surface area (Å²) in [6.07, 6.45) is 1.18. The number of fused-ring (bicyclic) bond motifs is 1. The van der Waals surface area contributed by atoms with Crippen LogP contribution in [0.25, 0.3) is 11.2 Å². The molecule has 5 N–H and O–H groups in total. The van der Waals surface area contributed by atoms with Gasteiger partial charge in [-0.1, -0.05) is 5.92 Å². The minimum Gasteiger partial charge on any atom is -0.449 e. The van der Waals surface area contributed by atoms with Gasteiger partial charge in [-0.15, -0.1) is 0 Å². The molecule has 5 unspecified atom stereocenters. The molecule has 0 radical (unpaired) electrons. The smallest absolute Gasteiger partial charge is 0.409 e. The Kier molecular flexibility index (Phi) is 8.17. The van der Waals surface area contributed by atoms with Crippen LogP contribution in [0.2, 0.25) is 0 Å². The molecule has 0 spiro atoms. The zero-order chi connectivity index (χ0) is 29.4. The Bertz CT molecular complexity index is 1380. The molecule has 226 valence electrons. The third kappa shape index (κ3) is 6.14. The number of ether oxygens (including phenoxy) is 2. The molecule has 6 rings (SSSR count). The molecule has 3 aliphatic heterocycles. The second-order valence-electron chi connectivity index (χ2n) is 11.9. The summed E-state index contributed by atoms with van der Waals surface area (Å²) >= 11 is 0. The minimum absolute atomic E-state index is 0.0882. The van der Waals surface area contributed by atoms with Crippen molar-refractivity contribution in [2.45, 2.75) is 69.1 Å². The molecular formula is C28H38N8O6. The average Bonchev–Trinajstić information content (AvgIpc) is 3.39. The van der Waals surface area contributed by atoms with Crippen LogP contribution in [0.5, 0.6) is 0 Å². The SMILES string of the molecule is CN1CCC(COC(=O)N2CCC(CC#Cc3nc(N)c4ncn(C5OC(C(=O)NC6CC6)C(O)C5O)c4n3)CC2)C1. The van der Waals surface area contributed by atoms with Crippen molar-refractivity contribution in [1.29, 1.82) is 0 Å². The Balaban J connectivity index is 1.05. The van der Waals surface area contributed by atoms with E-state index in [4.69, 9.17) is 15.2 Å². The highest BCUT2D eigenvalue weighted by atomic mass is 16.6. The van der Waals surface area contributed by atoms with E-state index in [0.717, 1.165) is 45.2 Å². The van der Waals surface area contributed by atoms with Gasteiger partial charge < -0.3 is 40.5 Å². The molecule has 14 heteroatoms. The predicted molar refractivity (Wildman–Crippen MR) is 150 cm³/mol. The van der Waals surface area contributed by atoms with E-state index in [-0.39, 0.29) is 29.4 Å². The summed E-state index contributed by atoms with van der Waals surface area (Å²) in [4.78, 5) is 42.0. The number of nitrogens with zero attached hydrogens (tertiary/aromatic N) is 6. The maximum Gasteiger partial charge on any atom is 0.409 e. The molecule has 1 aliphatic carbocycles. The number of amides is 2. The minimum atomic E-state index is -1.41. The number of hydrogen-bond donors (Lipinski definition) is 4. The molecule has 5 heterocycles. The second kappa shape index (κ2) is 12.0. The first-order valence-electron chi connectivity index (χ1n) is 14.7. The number of hydrogen-bond acceptors (Lipinski definition) is 11. The van der Waals surface area contributed by atoms with Crippen LogP contribution in [0, 0.1) is 23.7 Å². The molecule has 2 aromatic rings. The normalized spacial score (nSPS) is 28.5. The highest BCUT2D eigenvalue weighted by Crippen LogP contribution is 2.33. The molecule has 4 fully saturated rings. The lowest BCUT2D eigenvalue weighted by Gasteiger charge is -2.30. The number of likely N-dealkylation sites (tertiary alicyclic amines) is 2. The van der Waals surface area contributed by atoms with Crippen molar-refractivity contribution in [3.05, 3.63) is 12.2 Å². The average molecular weight is 583 g/mol. The number of aliphatic hydroxyl groups excluding tert-OH is 2. The predicted octanol–water partition coefficient (Wildman–Crippen LogP) is -0.152. The molecule has 1 saturated carbocycles. The summed E-state index contributed by atoms with van der Waals surface area (Å²) in [5.74, 6) is 6.72. The summed E-state index contributed by atoms with van der Waals surface area (Å²) in [6, 6.07) is 0.0882. The van der Waals surface area contributed by atoms with Crippen molar-refractivity contribution >= 4 is 29.0 Å². The topological polar surface area (TPSA) is 181 Å². The Hall–Kier alpha value is -3.51. The highest BCUT2D eigenvalue weighted by Gasteiger charge is 2.48. The summed E-state index contributed by atoms with van der Waals surface area (Å²) in [5.41, 5.74) is 6.72. The zero-order valence-corrected chi connectivity index (χ0v) is 23.7. The fourth-order valence-electron chi connectivity index (χ4n) is 5.83. The monoisotopic (exact) mass is 582 g/mol. The molecular weight excluding hydrogens is 544 g/mol. The van der Waals surface area contributed by atoms with E-state index < -0.39 is 30.4 Å². The van der Waals surface area contributed by atoms with Gasteiger partial charge in [0.05, 0.1) is 12.9 Å². The Labute approximate surface area is 243 Å². The third-order valence-corrected chi connectivity index (χ3v) is 8.54. The Morgan fingerprint density at radius 1 is 1.12 bits per heavy atom. The molecule has 0 bridgehead atoms. The maximum absolute atomic E-state index is 12.5. The fraction of sp³-hybridized carbons (Fsp3) is 0.679. The largest absolute Gasteiger partial charge is 0.449 e. The number of carbonyl (C=O) groups excluding carboxylic acids is 2. The van der Waals surface area contributed by atoms with Crippen LogP contribution in [-0.2, 0) is 14.3 Å². The zero-order valence-electron chi connectivity index (χ0n) is 23.7. The number of anilines is 1. The van der Waals surface area contributed by atoms with Crippen molar-refractivity contribution < 1.29 is 29.3 Å². The van der Waals surface area contributed by atoms with Gasteiger partial charge in [0.2, 0.25) is 5.82 Å². The van der Waals surface area contributed by atoms with Crippen molar-refractivity contribution in [1.82, 2.24) is 34.6 Å². The summed E-state index contributed by atoms with van der Waals surface area (Å²) in [7, 11) is 2.08. The number of rotatable bonds is 6. The van der Waals surface area contributed by atoms with Crippen LogP contribution in [-0.4, -0.2) is 116 Å². The Morgan fingerprint density at radius 2 is 1.88 bits per heavy atom. The number of nitrogens with one attached hydrogen (secondary N) is 1. The first kappa shape index (κ1) is 28.6. The quantitative estimate of drug-likeness (QED) is 0.333. The van der Waals surface area contributed by atoms with Gasteiger partial charge in [-0.2, -0.15) is 0 Å². The highest BCUT2D eigenvalue weighted by molar-refractivity contribution is 5.83. The van der Waals surface area contributed by atoms with E-state index in [1.807, 2.05) is 0 Å². The second-order valence-corrected chi connectivity index (χ2v) is 11.9. The molecule has 3 saturated heterocycles. The molecule has 42 heavy (non-hydrogen) atoms. The number of imidazole rings is 1. The lowest BCUT2D eigenvalue weighted by Crippen LogP contribution is -2.43. The summed E-state index contributed by atoms with van der Waals surface area (Å²) in [5, 5.41) is 24.0. The summed E-state index contributed by atoms with van der Waals surface area (Å²) < 4.78 is 12.8. The van der Waals surface area contributed by atoms with Crippen LogP contribution in [0.1, 0.15) is 50.6 Å². The number of nitrogen functional groups attached to an aromatic ring is 1. The lowest BCUT2D eigenvalue weighted by molar-refractivity contribution is -0.137. The van der Waals surface area contributed by atoms with Gasteiger partial charge >= 0.3 is 6.09 Å². The molecule has 2 amide bonds. The summed E-state index contributed by atoms with van der Waals surface area (Å²) in [6.45, 7) is 3.77. The Morgan fingerprint density at radius 3 is 2.60 bits per heavy atom. The molecule has 4 aliphatic rings. The van der Waals surface area contributed by atoms with Gasteiger partial charge in [0, 0.05) is 38.0 Å². The van der Waals surface area contributed by atoms with Gasteiger partial charge in [-0.3, -0.25) is 9.36 Å². The van der Waals surface area contributed by atoms with E-state index in [0.29, 0.717) is 43.5 Å². The third-order valence-electron chi connectivity index (χ3n) is 8.54. The molecule has 5 atom stereocenters. The first-order chi connectivity index (χ1) is 20.3. The van der Waals surface area contributed by atoms with Gasteiger partial charge in [0.1, 0.15) is 17.7 Å². The lowest BCUT2D eigenvalue weighted by atomic mass is 9.94. The molecule has 2 aromatic heterocycles. The number of piperidine rings is 1. The molecule has 0 aromatic carbocycles. The fourth-order valence-corrected chi connectivity index (χ4v) is 5.83. The molecule has 14 nitrogen and oxygen atoms in total. The van der Waals surface area contributed by atoms with Crippen molar-refractivity contribution in [2.75, 3.05) is 45.6 Å². The first-order valence-corrected chi connectivity index (χ1v) is 14.7. The van der Waals surface area contributed by atoms with Gasteiger partial charge in [-0.05, 0) is 57.5 Å². The number of aromatic nitrogens is 4. The van der Waals surface area contributed by atoms with E-state index in [1.165, 1.54) is 10.9 Å². The van der Waals surface area contributed by atoms with Gasteiger partial charge in [0.15, 0.2) is 23.8 Å². The van der Waals surface area contributed by atoms with E-state index in [9.17, 15) is 19.8 Å². The van der Waals surface area contributed by atoms with Crippen LogP contribution in [0.15, 0.2) is 6.33 Å². The van der Waals surface area contributed by atoms with Crippen LogP contribution < -0.4 is 11.1 Å². The van der Waals surface area contributed by atoms with Crippen molar-refractivity contribution in [3.63, 3.8) is 0 Å². The van der Waals surface area contributed by atoms with Crippen LogP contribution in [0.4, 0.5) is 10.6 Å². The number of nitrogens with two attached hydrogens (primary N) is 1. The van der Waals surface area contributed by atoms with E-state index >= 15 is 0 Å². The van der Waals surface area contributed by atoms with Crippen molar-refractivity contribution in [2.24, 2.45) is 11.8 Å². The van der Waals surface area contributed by atoms with E-state index in [1.54, 1.807) is 4.90 Å². The van der Waals surface area contributed by atoms with Gasteiger partial charge in [0.25, 0.3) is 5.91 Å².